The van der Waals surface area contributed by atoms with Crippen molar-refractivity contribution in [3.63, 3.8) is 0 Å². The van der Waals surface area contributed by atoms with Gasteiger partial charge in [0.2, 0.25) is 0 Å². The van der Waals surface area contributed by atoms with Crippen LogP contribution in [0.5, 0.6) is 0 Å². The molecule has 2 N–H and O–H groups in total. The zero-order chi connectivity index (χ0) is 10.3. The zero-order valence-corrected chi connectivity index (χ0v) is 8.67. The minimum atomic E-state index is 0.0937. The molecule has 1 aliphatic carbocycles. The Morgan fingerprint density at radius 1 is 1.47 bits per heavy atom. The molecule has 1 saturated heterocycles. The van der Waals surface area contributed by atoms with Gasteiger partial charge in [0.05, 0.1) is 24.9 Å². The van der Waals surface area contributed by atoms with Crippen molar-refractivity contribution in [2.24, 2.45) is 5.84 Å². The third-order valence-electron chi connectivity index (χ3n) is 3.01. The highest BCUT2D eigenvalue weighted by Gasteiger charge is 2.26. The number of hydrogen-bond donors (Lipinski definition) is 1. The fraction of sp³-hybridized carbons (Fsp3) is 0.700. The smallest absolute Gasteiger partial charge is 0.0996 e. The maximum absolute atomic E-state index is 5.77. The lowest BCUT2D eigenvalue weighted by Crippen LogP contribution is -2.42. The highest BCUT2D eigenvalue weighted by atomic mass is 16.5. The van der Waals surface area contributed by atoms with Crippen LogP contribution in [0.1, 0.15) is 30.6 Å². The molecular formula is C10H16N4O. The molecule has 3 rings (SSSR count). The van der Waals surface area contributed by atoms with Gasteiger partial charge in [0, 0.05) is 24.8 Å². The van der Waals surface area contributed by atoms with Gasteiger partial charge in [-0.15, -0.1) is 0 Å². The van der Waals surface area contributed by atoms with Gasteiger partial charge in [-0.25, -0.2) is 5.01 Å². The van der Waals surface area contributed by atoms with E-state index >= 15 is 0 Å². The SMILES string of the molecule is NN1CCOC(c2cnn(C3CC3)c2)C1. The lowest BCUT2D eigenvalue weighted by atomic mass is 10.2. The van der Waals surface area contributed by atoms with Gasteiger partial charge >= 0.3 is 0 Å². The molecule has 1 aliphatic heterocycles. The average molecular weight is 208 g/mol. The highest BCUT2D eigenvalue weighted by Crippen LogP contribution is 2.34. The minimum Gasteiger partial charge on any atom is -0.371 e. The third-order valence-corrected chi connectivity index (χ3v) is 3.01. The van der Waals surface area contributed by atoms with Gasteiger partial charge in [0.1, 0.15) is 0 Å². The maximum Gasteiger partial charge on any atom is 0.0996 e. The molecule has 2 heterocycles. The van der Waals surface area contributed by atoms with Crippen molar-refractivity contribution in [3.05, 3.63) is 18.0 Å². The molecule has 1 unspecified atom stereocenters. The number of aromatic nitrogens is 2. The monoisotopic (exact) mass is 208 g/mol. The summed E-state index contributed by atoms with van der Waals surface area (Å²) in [5.41, 5.74) is 1.15. The second-order valence-electron chi connectivity index (χ2n) is 4.34. The topological polar surface area (TPSA) is 56.3 Å². The Morgan fingerprint density at radius 2 is 2.33 bits per heavy atom. The molecule has 2 aliphatic rings. The van der Waals surface area contributed by atoms with Crippen LogP contribution in [0.3, 0.4) is 0 Å². The van der Waals surface area contributed by atoms with Crippen molar-refractivity contribution in [2.75, 3.05) is 19.7 Å². The molecule has 15 heavy (non-hydrogen) atoms. The van der Waals surface area contributed by atoms with Gasteiger partial charge in [-0.1, -0.05) is 0 Å². The largest absolute Gasteiger partial charge is 0.371 e. The lowest BCUT2D eigenvalue weighted by Gasteiger charge is -2.28. The second kappa shape index (κ2) is 3.59. The third kappa shape index (κ3) is 1.90. The summed E-state index contributed by atoms with van der Waals surface area (Å²) in [5.74, 6) is 5.77. The fourth-order valence-electron chi connectivity index (χ4n) is 1.93. The van der Waals surface area contributed by atoms with Crippen molar-refractivity contribution in [1.82, 2.24) is 14.8 Å². The lowest BCUT2D eigenvalue weighted by molar-refractivity contribution is -0.0304. The van der Waals surface area contributed by atoms with Crippen LogP contribution in [0.15, 0.2) is 12.4 Å². The number of nitrogens with two attached hydrogens (primary N) is 1. The Labute approximate surface area is 88.8 Å². The number of rotatable bonds is 2. The van der Waals surface area contributed by atoms with Gasteiger partial charge < -0.3 is 4.74 Å². The van der Waals surface area contributed by atoms with Crippen LogP contribution in [0, 0.1) is 0 Å². The van der Waals surface area contributed by atoms with Crippen LogP contribution in [0.4, 0.5) is 0 Å². The Morgan fingerprint density at radius 3 is 3.07 bits per heavy atom. The van der Waals surface area contributed by atoms with Crippen molar-refractivity contribution < 1.29 is 4.74 Å². The summed E-state index contributed by atoms with van der Waals surface area (Å²) in [6, 6.07) is 0.635. The standard InChI is InChI=1S/C10H16N4O/c11-13-3-4-15-10(7-13)8-5-12-14(6-8)9-1-2-9/h5-6,9-10H,1-4,7,11H2. The first-order chi connectivity index (χ1) is 7.33. The first-order valence-electron chi connectivity index (χ1n) is 5.48. The molecular weight excluding hydrogens is 192 g/mol. The number of ether oxygens (including phenoxy) is 1. The van der Waals surface area contributed by atoms with Gasteiger partial charge in [0.15, 0.2) is 0 Å². The molecule has 1 aromatic heterocycles. The average Bonchev–Trinajstić information content (AvgIpc) is 2.97. The van der Waals surface area contributed by atoms with E-state index in [-0.39, 0.29) is 6.10 Å². The van der Waals surface area contributed by atoms with Gasteiger partial charge in [-0.2, -0.15) is 5.10 Å². The van der Waals surface area contributed by atoms with Gasteiger partial charge in [-0.3, -0.25) is 10.5 Å². The van der Waals surface area contributed by atoms with Crippen molar-refractivity contribution >= 4 is 0 Å². The molecule has 0 aromatic carbocycles. The summed E-state index contributed by atoms with van der Waals surface area (Å²) < 4.78 is 7.72. The van der Waals surface area contributed by atoms with Crippen molar-refractivity contribution in [1.29, 1.82) is 0 Å². The second-order valence-corrected chi connectivity index (χ2v) is 4.34. The number of hydrogen-bond acceptors (Lipinski definition) is 4. The molecule has 82 valence electrons. The number of nitrogens with zero attached hydrogens (tertiary/aromatic N) is 3. The van der Waals surface area contributed by atoms with Crippen LogP contribution < -0.4 is 5.84 Å². The van der Waals surface area contributed by atoms with Crippen molar-refractivity contribution in [2.45, 2.75) is 25.0 Å². The van der Waals surface area contributed by atoms with Crippen LogP contribution in [0.25, 0.3) is 0 Å². The first-order valence-corrected chi connectivity index (χ1v) is 5.48. The van der Waals surface area contributed by atoms with E-state index in [0.29, 0.717) is 12.6 Å². The summed E-state index contributed by atoms with van der Waals surface area (Å²) in [5, 5.41) is 6.16. The van der Waals surface area contributed by atoms with E-state index in [9.17, 15) is 0 Å². The van der Waals surface area contributed by atoms with Crippen LogP contribution >= 0.6 is 0 Å². The Hall–Kier alpha value is -0.910. The van der Waals surface area contributed by atoms with Crippen LogP contribution in [0.2, 0.25) is 0 Å². The molecule has 5 heteroatoms. The molecule has 5 nitrogen and oxygen atoms in total. The zero-order valence-electron chi connectivity index (χ0n) is 8.67. The number of morpholine rings is 1. The highest BCUT2D eigenvalue weighted by molar-refractivity contribution is 5.11. The molecule has 0 spiro atoms. The Balaban J connectivity index is 1.73. The quantitative estimate of drug-likeness (QED) is 0.718. The van der Waals surface area contributed by atoms with E-state index in [1.54, 1.807) is 0 Å². The summed E-state index contributed by atoms with van der Waals surface area (Å²) in [6.45, 7) is 2.28. The molecule has 1 saturated carbocycles. The molecule has 0 bridgehead atoms. The van der Waals surface area contributed by atoms with E-state index < -0.39 is 0 Å². The van der Waals surface area contributed by atoms with Crippen LogP contribution in [-0.4, -0.2) is 34.5 Å². The maximum atomic E-state index is 5.77. The van der Waals surface area contributed by atoms with E-state index in [4.69, 9.17) is 10.6 Å². The molecule has 0 amide bonds. The summed E-state index contributed by atoms with van der Waals surface area (Å²) in [4.78, 5) is 0. The van der Waals surface area contributed by atoms with E-state index in [0.717, 1.165) is 18.7 Å². The van der Waals surface area contributed by atoms with Gasteiger partial charge in [0.25, 0.3) is 0 Å². The Bertz CT molecular complexity index is 347. The summed E-state index contributed by atoms with van der Waals surface area (Å²) in [6.07, 6.45) is 6.62. The summed E-state index contributed by atoms with van der Waals surface area (Å²) in [7, 11) is 0. The van der Waals surface area contributed by atoms with Gasteiger partial charge in [-0.05, 0) is 12.8 Å². The molecule has 1 atom stereocenters. The molecule has 2 fully saturated rings. The van der Waals surface area contributed by atoms with Crippen LogP contribution in [-0.2, 0) is 4.74 Å². The molecule has 1 aromatic rings. The molecule has 0 radical (unpaired) electrons. The number of hydrazine groups is 1. The fourth-order valence-corrected chi connectivity index (χ4v) is 1.93. The predicted octanol–water partition coefficient (Wildman–Crippen LogP) is 0.465. The normalized spacial score (nSPS) is 28.2. The first kappa shape index (κ1) is 9.33. The van der Waals surface area contributed by atoms with Crippen molar-refractivity contribution in [3.8, 4) is 0 Å². The van der Waals surface area contributed by atoms with E-state index in [1.807, 2.05) is 15.9 Å². The summed E-state index contributed by atoms with van der Waals surface area (Å²) >= 11 is 0. The predicted molar refractivity (Wildman–Crippen MR) is 55.0 cm³/mol. The Kier molecular flexibility index (Phi) is 2.23. The van der Waals surface area contributed by atoms with E-state index in [2.05, 4.69) is 11.3 Å². The van der Waals surface area contributed by atoms with E-state index in [1.165, 1.54) is 12.8 Å². The minimum absolute atomic E-state index is 0.0937.